The largest absolute Gasteiger partial charge is 0.351 e. The van der Waals surface area contributed by atoms with Crippen molar-refractivity contribution in [3.05, 3.63) is 35.4 Å². The molecule has 1 amide bonds. The molecule has 0 atom stereocenters. The summed E-state index contributed by atoms with van der Waals surface area (Å²) in [6.07, 6.45) is 4.44. The number of carbonyl (C=O) groups excluding carboxylic acids is 1. The van der Waals surface area contributed by atoms with Gasteiger partial charge in [0.2, 0.25) is 0 Å². The zero-order chi connectivity index (χ0) is 13.9. The molecule has 1 saturated carbocycles. The molecule has 104 valence electrons. The van der Waals surface area contributed by atoms with Gasteiger partial charge in [-0.15, -0.1) is 0 Å². The lowest BCUT2D eigenvalue weighted by molar-refractivity contribution is 0.0931. The molecule has 0 radical (unpaired) electrons. The van der Waals surface area contributed by atoms with Crippen LogP contribution in [0.5, 0.6) is 0 Å². The van der Waals surface area contributed by atoms with Crippen LogP contribution in [-0.4, -0.2) is 17.8 Å². The molecule has 0 spiro atoms. The fourth-order valence-corrected chi connectivity index (χ4v) is 3.28. The number of benzene rings is 1. The number of halogens is 3. The van der Waals surface area contributed by atoms with Gasteiger partial charge in [0.25, 0.3) is 5.91 Å². The van der Waals surface area contributed by atoms with E-state index in [9.17, 15) is 13.6 Å². The minimum atomic E-state index is -0.822. The summed E-state index contributed by atoms with van der Waals surface area (Å²) in [7, 11) is 0. The molecule has 0 unspecified atom stereocenters. The van der Waals surface area contributed by atoms with E-state index in [4.69, 9.17) is 0 Å². The summed E-state index contributed by atoms with van der Waals surface area (Å²) in [5.74, 6) is -1.98. The average molecular weight is 332 g/mol. The first-order chi connectivity index (χ1) is 9.06. The van der Waals surface area contributed by atoms with Crippen LogP contribution in [0, 0.1) is 17.0 Å². The molecular weight excluding hydrogens is 316 g/mol. The molecule has 1 aromatic rings. The number of rotatable bonds is 4. The van der Waals surface area contributed by atoms with Crippen LogP contribution >= 0.6 is 15.9 Å². The van der Waals surface area contributed by atoms with E-state index in [0.717, 1.165) is 43.1 Å². The van der Waals surface area contributed by atoms with Crippen molar-refractivity contribution in [3.63, 3.8) is 0 Å². The van der Waals surface area contributed by atoms with Crippen molar-refractivity contribution in [1.82, 2.24) is 5.32 Å². The number of nitrogens with one attached hydrogen (secondary N) is 1. The second kappa shape index (κ2) is 5.99. The molecular formula is C14H16BrF2NO. The van der Waals surface area contributed by atoms with Crippen LogP contribution in [0.1, 0.15) is 36.0 Å². The van der Waals surface area contributed by atoms with E-state index < -0.39 is 17.5 Å². The summed E-state index contributed by atoms with van der Waals surface area (Å²) in [6.45, 7) is 0.522. The second-order valence-electron chi connectivity index (χ2n) is 5.15. The maximum Gasteiger partial charge on any atom is 0.254 e. The van der Waals surface area contributed by atoms with Gasteiger partial charge in [0.05, 0.1) is 5.56 Å². The number of carbonyl (C=O) groups is 1. The lowest BCUT2D eigenvalue weighted by Crippen LogP contribution is -2.37. The van der Waals surface area contributed by atoms with E-state index in [-0.39, 0.29) is 11.0 Å². The quantitative estimate of drug-likeness (QED) is 0.838. The standard InChI is InChI=1S/C14H16BrF2NO/c15-8-14(5-1-2-6-14)9-18-13(19)11-4-3-10(16)7-12(11)17/h3-4,7H,1-2,5-6,8-9H2,(H,18,19). The van der Waals surface area contributed by atoms with Gasteiger partial charge in [-0.1, -0.05) is 28.8 Å². The Morgan fingerprint density at radius 3 is 2.58 bits per heavy atom. The zero-order valence-corrected chi connectivity index (χ0v) is 12.1. The van der Waals surface area contributed by atoms with E-state index >= 15 is 0 Å². The van der Waals surface area contributed by atoms with E-state index in [1.54, 1.807) is 0 Å². The monoisotopic (exact) mass is 331 g/mol. The molecule has 0 aliphatic heterocycles. The third-order valence-corrected chi connectivity index (χ3v) is 4.94. The van der Waals surface area contributed by atoms with Gasteiger partial charge in [-0.05, 0) is 30.4 Å². The normalized spacial score (nSPS) is 17.4. The highest BCUT2D eigenvalue weighted by Crippen LogP contribution is 2.38. The van der Waals surface area contributed by atoms with E-state index in [1.165, 1.54) is 6.07 Å². The van der Waals surface area contributed by atoms with Gasteiger partial charge in [0.15, 0.2) is 0 Å². The number of hydrogen-bond acceptors (Lipinski definition) is 1. The maximum absolute atomic E-state index is 13.5. The van der Waals surface area contributed by atoms with Crippen LogP contribution in [-0.2, 0) is 0 Å². The van der Waals surface area contributed by atoms with Crippen molar-refractivity contribution in [2.24, 2.45) is 5.41 Å². The van der Waals surface area contributed by atoms with Crippen LogP contribution < -0.4 is 5.32 Å². The molecule has 1 aliphatic rings. The topological polar surface area (TPSA) is 29.1 Å². The third-order valence-electron chi connectivity index (χ3n) is 3.75. The highest BCUT2D eigenvalue weighted by molar-refractivity contribution is 9.09. The van der Waals surface area contributed by atoms with Gasteiger partial charge in [-0.3, -0.25) is 4.79 Å². The zero-order valence-electron chi connectivity index (χ0n) is 10.5. The first-order valence-electron chi connectivity index (χ1n) is 6.36. The molecule has 1 N–H and O–H groups in total. The minimum Gasteiger partial charge on any atom is -0.351 e. The predicted molar refractivity (Wildman–Crippen MR) is 73.4 cm³/mol. The van der Waals surface area contributed by atoms with E-state index in [1.807, 2.05) is 0 Å². The Bertz CT molecular complexity index is 473. The van der Waals surface area contributed by atoms with Crippen molar-refractivity contribution < 1.29 is 13.6 Å². The van der Waals surface area contributed by atoms with Gasteiger partial charge in [-0.2, -0.15) is 0 Å². The van der Waals surface area contributed by atoms with Crippen molar-refractivity contribution in [2.75, 3.05) is 11.9 Å². The summed E-state index contributed by atoms with van der Waals surface area (Å²) < 4.78 is 26.2. The van der Waals surface area contributed by atoms with Gasteiger partial charge < -0.3 is 5.32 Å². The molecule has 5 heteroatoms. The molecule has 0 aromatic heterocycles. The average Bonchev–Trinajstić information content (AvgIpc) is 2.85. The van der Waals surface area contributed by atoms with Gasteiger partial charge in [-0.25, -0.2) is 8.78 Å². The Kier molecular flexibility index (Phi) is 4.55. The summed E-state index contributed by atoms with van der Waals surface area (Å²) in [5.41, 5.74) is -0.0317. The van der Waals surface area contributed by atoms with Crippen molar-refractivity contribution in [3.8, 4) is 0 Å². The van der Waals surface area contributed by atoms with Gasteiger partial charge >= 0.3 is 0 Å². The fraction of sp³-hybridized carbons (Fsp3) is 0.500. The van der Waals surface area contributed by atoms with Crippen LogP contribution in [0.3, 0.4) is 0 Å². The van der Waals surface area contributed by atoms with Crippen LogP contribution in [0.15, 0.2) is 18.2 Å². The lowest BCUT2D eigenvalue weighted by Gasteiger charge is -2.26. The molecule has 19 heavy (non-hydrogen) atoms. The highest BCUT2D eigenvalue weighted by atomic mass is 79.9. The Morgan fingerprint density at radius 2 is 2.00 bits per heavy atom. The molecule has 0 bridgehead atoms. The van der Waals surface area contributed by atoms with Gasteiger partial charge in [0, 0.05) is 17.9 Å². The molecule has 0 saturated heterocycles. The Hall–Kier alpha value is -0.970. The molecule has 2 nitrogen and oxygen atoms in total. The van der Waals surface area contributed by atoms with Crippen LogP contribution in [0.25, 0.3) is 0 Å². The highest BCUT2D eigenvalue weighted by Gasteiger charge is 2.33. The first kappa shape index (κ1) is 14.4. The molecule has 2 rings (SSSR count). The summed E-state index contributed by atoms with van der Waals surface area (Å²) >= 11 is 3.49. The molecule has 1 fully saturated rings. The Morgan fingerprint density at radius 1 is 1.32 bits per heavy atom. The molecule has 0 heterocycles. The first-order valence-corrected chi connectivity index (χ1v) is 7.48. The Balaban J connectivity index is 2.01. The third kappa shape index (κ3) is 3.32. The number of amides is 1. The molecule has 1 aromatic carbocycles. The summed E-state index contributed by atoms with van der Waals surface area (Å²) in [5, 5.41) is 3.59. The lowest BCUT2D eigenvalue weighted by atomic mass is 9.89. The Labute approximate surface area is 119 Å². The molecule has 1 aliphatic carbocycles. The number of hydrogen-bond donors (Lipinski definition) is 1. The van der Waals surface area contributed by atoms with Crippen molar-refractivity contribution in [2.45, 2.75) is 25.7 Å². The van der Waals surface area contributed by atoms with Crippen LogP contribution in [0.4, 0.5) is 8.78 Å². The minimum absolute atomic E-state index is 0.0756. The summed E-state index contributed by atoms with van der Waals surface area (Å²) in [6, 6.07) is 2.99. The smallest absolute Gasteiger partial charge is 0.254 e. The fourth-order valence-electron chi connectivity index (χ4n) is 2.52. The predicted octanol–water partition coefficient (Wildman–Crippen LogP) is 3.65. The van der Waals surface area contributed by atoms with E-state index in [2.05, 4.69) is 21.2 Å². The van der Waals surface area contributed by atoms with Crippen molar-refractivity contribution >= 4 is 21.8 Å². The van der Waals surface area contributed by atoms with Crippen molar-refractivity contribution in [1.29, 1.82) is 0 Å². The van der Waals surface area contributed by atoms with E-state index in [0.29, 0.717) is 6.54 Å². The van der Waals surface area contributed by atoms with Crippen LogP contribution in [0.2, 0.25) is 0 Å². The maximum atomic E-state index is 13.5. The SMILES string of the molecule is O=C(NCC1(CBr)CCCC1)c1ccc(F)cc1F. The summed E-state index contributed by atoms with van der Waals surface area (Å²) in [4.78, 5) is 11.9. The van der Waals surface area contributed by atoms with Gasteiger partial charge in [0.1, 0.15) is 11.6 Å². The number of alkyl halides is 1. The second-order valence-corrected chi connectivity index (χ2v) is 5.71.